The van der Waals surface area contributed by atoms with E-state index in [1.165, 1.54) is 12.1 Å². The number of nitrogens with zero attached hydrogens (tertiary/aromatic N) is 5. The molecule has 0 saturated carbocycles. The van der Waals surface area contributed by atoms with Gasteiger partial charge in [0.1, 0.15) is 17.5 Å². The van der Waals surface area contributed by atoms with E-state index in [0.29, 0.717) is 24.7 Å². The van der Waals surface area contributed by atoms with Gasteiger partial charge in [-0.25, -0.2) is 9.37 Å². The van der Waals surface area contributed by atoms with E-state index in [-0.39, 0.29) is 17.8 Å². The Balaban J connectivity index is 1.26. The van der Waals surface area contributed by atoms with Crippen LogP contribution in [0.25, 0.3) is 0 Å². The summed E-state index contributed by atoms with van der Waals surface area (Å²) in [6, 6.07) is 6.26. The molecular weight excluding hydrogens is 397 g/mol. The highest BCUT2D eigenvalue weighted by atomic mass is 19.1. The molecule has 2 N–H and O–H groups in total. The van der Waals surface area contributed by atoms with Crippen molar-refractivity contribution in [3.05, 3.63) is 59.8 Å². The van der Waals surface area contributed by atoms with Crippen LogP contribution in [0.3, 0.4) is 0 Å². The lowest BCUT2D eigenvalue weighted by Gasteiger charge is -2.35. The molecular formula is C22H24FN7O. The standard InChI is InChI=1S/C22H24FN7O/c23-17-7-5-15(6-8-17)13-29-14-16(11-26-29)10-24-22-25-12-18-20(28-22)30-9-3-1-2-4-19(30)21(31)27-18/h5-8,11-12,14,19H,1-4,9-10,13H2,(H,27,31)(H,24,25,28). The van der Waals surface area contributed by atoms with Gasteiger partial charge in [0, 0.05) is 24.8 Å². The largest absolute Gasteiger partial charge is 0.350 e. The van der Waals surface area contributed by atoms with Crippen molar-refractivity contribution in [2.75, 3.05) is 22.1 Å². The van der Waals surface area contributed by atoms with Crippen molar-refractivity contribution >= 4 is 23.4 Å². The van der Waals surface area contributed by atoms with E-state index in [9.17, 15) is 9.18 Å². The molecule has 31 heavy (non-hydrogen) atoms. The maximum atomic E-state index is 13.1. The third-order valence-electron chi connectivity index (χ3n) is 5.75. The highest BCUT2D eigenvalue weighted by Gasteiger charge is 2.35. The van der Waals surface area contributed by atoms with Crippen LogP contribution in [0, 0.1) is 5.82 Å². The Bertz CT molecular complexity index is 1080. The third-order valence-corrected chi connectivity index (χ3v) is 5.75. The second-order valence-electron chi connectivity index (χ2n) is 8.00. The predicted octanol–water partition coefficient (Wildman–Crippen LogP) is 3.17. The molecule has 3 aromatic rings. The Labute approximate surface area is 179 Å². The van der Waals surface area contributed by atoms with Crippen molar-refractivity contribution in [2.45, 2.75) is 44.8 Å². The number of hydrogen-bond acceptors (Lipinski definition) is 6. The van der Waals surface area contributed by atoms with Crippen LogP contribution in [-0.2, 0) is 17.9 Å². The quantitative estimate of drug-likeness (QED) is 0.658. The number of halogens is 1. The Morgan fingerprint density at radius 2 is 2.00 bits per heavy atom. The summed E-state index contributed by atoms with van der Waals surface area (Å²) >= 11 is 0. The van der Waals surface area contributed by atoms with Gasteiger partial charge >= 0.3 is 0 Å². The Morgan fingerprint density at radius 3 is 2.87 bits per heavy atom. The molecule has 0 radical (unpaired) electrons. The molecule has 0 spiro atoms. The molecule has 8 nitrogen and oxygen atoms in total. The van der Waals surface area contributed by atoms with Crippen LogP contribution in [0.2, 0.25) is 0 Å². The zero-order chi connectivity index (χ0) is 21.2. The van der Waals surface area contributed by atoms with Crippen molar-refractivity contribution < 1.29 is 9.18 Å². The van der Waals surface area contributed by atoms with Gasteiger partial charge in [-0.2, -0.15) is 10.1 Å². The second kappa shape index (κ2) is 8.33. The lowest BCUT2D eigenvalue weighted by atomic mass is 10.1. The van der Waals surface area contributed by atoms with Gasteiger partial charge in [0.25, 0.3) is 0 Å². The average Bonchev–Trinajstić information content (AvgIpc) is 3.06. The molecule has 2 aromatic heterocycles. The highest BCUT2D eigenvalue weighted by molar-refractivity contribution is 6.02. The third kappa shape index (κ3) is 4.21. The number of nitrogens with one attached hydrogen (secondary N) is 2. The fourth-order valence-electron chi connectivity index (χ4n) is 4.16. The first-order chi connectivity index (χ1) is 15.2. The maximum Gasteiger partial charge on any atom is 0.247 e. The molecule has 1 amide bonds. The zero-order valence-corrected chi connectivity index (χ0v) is 17.1. The van der Waals surface area contributed by atoms with Crippen LogP contribution in [0.1, 0.15) is 36.8 Å². The van der Waals surface area contributed by atoms with Gasteiger partial charge in [0.15, 0.2) is 5.82 Å². The molecule has 0 bridgehead atoms. The van der Waals surface area contributed by atoms with E-state index in [2.05, 4.69) is 25.6 Å². The Hall–Kier alpha value is -3.49. The van der Waals surface area contributed by atoms with Gasteiger partial charge in [-0.1, -0.05) is 25.0 Å². The van der Waals surface area contributed by atoms with E-state index in [1.807, 2.05) is 10.9 Å². The number of rotatable bonds is 5. The van der Waals surface area contributed by atoms with Gasteiger partial charge in [-0.05, 0) is 30.5 Å². The summed E-state index contributed by atoms with van der Waals surface area (Å²) in [5.41, 5.74) is 2.64. The molecule has 1 atom stereocenters. The summed E-state index contributed by atoms with van der Waals surface area (Å²) in [5.74, 6) is 1.10. The summed E-state index contributed by atoms with van der Waals surface area (Å²) in [7, 11) is 0. The van der Waals surface area contributed by atoms with Gasteiger partial charge in [-0.3, -0.25) is 9.48 Å². The molecule has 0 aliphatic carbocycles. The molecule has 5 rings (SSSR count). The molecule has 2 aliphatic rings. The topological polar surface area (TPSA) is 88.0 Å². The van der Waals surface area contributed by atoms with E-state index in [4.69, 9.17) is 4.98 Å². The van der Waals surface area contributed by atoms with Gasteiger partial charge in [-0.15, -0.1) is 0 Å². The number of anilines is 3. The van der Waals surface area contributed by atoms with Gasteiger partial charge < -0.3 is 15.5 Å². The normalized spacial score (nSPS) is 18.0. The number of benzene rings is 1. The molecule has 1 fully saturated rings. The average molecular weight is 421 g/mol. The van der Waals surface area contributed by atoms with Crippen molar-refractivity contribution in [1.29, 1.82) is 0 Å². The summed E-state index contributed by atoms with van der Waals surface area (Å²) in [6.07, 6.45) is 9.51. The summed E-state index contributed by atoms with van der Waals surface area (Å²) in [6.45, 7) is 1.93. The van der Waals surface area contributed by atoms with E-state index in [1.54, 1.807) is 24.5 Å². The van der Waals surface area contributed by atoms with Crippen LogP contribution in [0.15, 0.2) is 42.9 Å². The van der Waals surface area contributed by atoms with Crippen LogP contribution < -0.4 is 15.5 Å². The van der Waals surface area contributed by atoms with Gasteiger partial charge in [0.2, 0.25) is 11.9 Å². The molecule has 1 saturated heterocycles. The zero-order valence-electron chi connectivity index (χ0n) is 17.1. The summed E-state index contributed by atoms with van der Waals surface area (Å²) in [4.78, 5) is 23.6. The number of hydrogen-bond donors (Lipinski definition) is 2. The monoisotopic (exact) mass is 421 g/mol. The van der Waals surface area contributed by atoms with Crippen molar-refractivity contribution in [3.8, 4) is 0 Å². The van der Waals surface area contributed by atoms with Crippen molar-refractivity contribution in [3.63, 3.8) is 0 Å². The molecule has 9 heteroatoms. The number of fused-ring (bicyclic) bond motifs is 3. The first-order valence-electron chi connectivity index (χ1n) is 10.6. The Kier molecular flexibility index (Phi) is 5.23. The molecule has 4 heterocycles. The van der Waals surface area contributed by atoms with Crippen LogP contribution >= 0.6 is 0 Å². The fraction of sp³-hybridized carbons (Fsp3) is 0.364. The fourth-order valence-corrected chi connectivity index (χ4v) is 4.16. The second-order valence-corrected chi connectivity index (χ2v) is 8.00. The predicted molar refractivity (Wildman–Crippen MR) is 115 cm³/mol. The lowest BCUT2D eigenvalue weighted by molar-refractivity contribution is -0.117. The number of carbonyl (C=O) groups is 1. The van der Waals surface area contributed by atoms with Gasteiger partial charge in [0.05, 0.1) is 18.9 Å². The smallest absolute Gasteiger partial charge is 0.247 e. The minimum atomic E-state index is -0.245. The van der Waals surface area contributed by atoms with Crippen LogP contribution in [-0.4, -0.2) is 38.2 Å². The molecule has 1 unspecified atom stereocenters. The van der Waals surface area contributed by atoms with Crippen LogP contribution in [0.4, 0.5) is 21.8 Å². The van der Waals surface area contributed by atoms with Crippen molar-refractivity contribution in [2.24, 2.45) is 0 Å². The van der Waals surface area contributed by atoms with E-state index < -0.39 is 0 Å². The summed E-state index contributed by atoms with van der Waals surface area (Å²) < 4.78 is 14.9. The van der Waals surface area contributed by atoms with Crippen LogP contribution in [0.5, 0.6) is 0 Å². The Morgan fingerprint density at radius 1 is 1.13 bits per heavy atom. The van der Waals surface area contributed by atoms with E-state index >= 15 is 0 Å². The number of aromatic nitrogens is 4. The molecule has 160 valence electrons. The lowest BCUT2D eigenvalue weighted by Crippen LogP contribution is -2.48. The number of carbonyl (C=O) groups excluding carboxylic acids is 1. The highest BCUT2D eigenvalue weighted by Crippen LogP contribution is 2.33. The first-order valence-corrected chi connectivity index (χ1v) is 10.6. The SMILES string of the molecule is O=C1Nc2cnc(NCc3cnn(Cc4ccc(F)cc4)c3)nc2N2CCCCCC12. The van der Waals surface area contributed by atoms with Crippen molar-refractivity contribution in [1.82, 2.24) is 19.7 Å². The minimum absolute atomic E-state index is 0.0345. The van der Waals surface area contributed by atoms with E-state index in [0.717, 1.165) is 49.2 Å². The maximum absolute atomic E-state index is 13.1. The molecule has 1 aromatic carbocycles. The minimum Gasteiger partial charge on any atom is -0.350 e. The number of amides is 1. The molecule has 2 aliphatic heterocycles. The summed E-state index contributed by atoms with van der Waals surface area (Å²) in [5, 5.41) is 10.6. The first kappa shape index (κ1) is 19.5.